The topological polar surface area (TPSA) is 138 Å². The van der Waals surface area contributed by atoms with Crippen molar-refractivity contribution in [3.05, 3.63) is 0 Å². The zero-order valence-electron chi connectivity index (χ0n) is 12.7. The van der Waals surface area contributed by atoms with Crippen molar-refractivity contribution in [3.8, 4) is 0 Å². The molecule has 0 aromatic heterocycles. The van der Waals surface area contributed by atoms with Crippen LogP contribution in [0.25, 0.3) is 0 Å². The van der Waals surface area contributed by atoms with Crippen molar-refractivity contribution < 1.29 is 39.2 Å². The lowest BCUT2D eigenvalue weighted by molar-refractivity contribution is -0.188. The van der Waals surface area contributed by atoms with Crippen LogP contribution < -0.4 is 0 Å². The van der Waals surface area contributed by atoms with Crippen molar-refractivity contribution >= 4 is 23.9 Å². The molecule has 1 atom stereocenters. The van der Waals surface area contributed by atoms with Crippen LogP contribution in [0.5, 0.6) is 0 Å². The molecular formula is C14H22O8. The fraction of sp³-hybridized carbons (Fsp3) is 0.714. The second-order valence-electron chi connectivity index (χ2n) is 5.11. The number of aliphatic carboxylic acids is 3. The number of unbranched alkanes of at least 4 members (excludes halogenated alkanes) is 1. The van der Waals surface area contributed by atoms with Gasteiger partial charge in [-0.05, 0) is 12.8 Å². The second-order valence-corrected chi connectivity index (χ2v) is 5.11. The molecule has 22 heavy (non-hydrogen) atoms. The van der Waals surface area contributed by atoms with E-state index in [4.69, 9.17) is 14.9 Å². The quantitative estimate of drug-likeness (QED) is 0.487. The average molecular weight is 318 g/mol. The van der Waals surface area contributed by atoms with Gasteiger partial charge in [-0.25, -0.2) is 4.79 Å². The van der Waals surface area contributed by atoms with Gasteiger partial charge in [0, 0.05) is 0 Å². The predicted molar refractivity (Wildman–Crippen MR) is 74.3 cm³/mol. The summed E-state index contributed by atoms with van der Waals surface area (Å²) in [5, 5.41) is 26.8. The lowest BCUT2D eigenvalue weighted by atomic mass is 9.94. The summed E-state index contributed by atoms with van der Waals surface area (Å²) in [5.41, 5.74) is -2.59. The zero-order valence-corrected chi connectivity index (χ0v) is 12.7. The van der Waals surface area contributed by atoms with Gasteiger partial charge in [0.25, 0.3) is 0 Å². The number of hydrogen-bond donors (Lipinski definition) is 3. The summed E-state index contributed by atoms with van der Waals surface area (Å²) in [6.07, 6.45) is 0.217. The van der Waals surface area contributed by atoms with Gasteiger partial charge >= 0.3 is 23.9 Å². The summed E-state index contributed by atoms with van der Waals surface area (Å²) in [5.74, 6) is -6.35. The van der Waals surface area contributed by atoms with E-state index in [1.807, 2.05) is 6.92 Å². The number of carboxylic acids is 3. The van der Waals surface area contributed by atoms with Gasteiger partial charge in [0.2, 0.25) is 5.60 Å². The minimum absolute atomic E-state index is 0.397. The third-order valence-electron chi connectivity index (χ3n) is 3.29. The lowest BCUT2D eigenvalue weighted by Crippen LogP contribution is -2.48. The molecule has 0 aliphatic heterocycles. The number of carboxylic acid groups (broad SMARTS) is 3. The van der Waals surface area contributed by atoms with Gasteiger partial charge in [-0.2, -0.15) is 0 Å². The summed E-state index contributed by atoms with van der Waals surface area (Å²) in [4.78, 5) is 45.1. The van der Waals surface area contributed by atoms with Crippen LogP contribution in [0.3, 0.4) is 0 Å². The Morgan fingerprint density at radius 1 is 1.00 bits per heavy atom. The Morgan fingerprint density at radius 3 is 1.82 bits per heavy atom. The maximum atomic E-state index is 12.1. The second kappa shape index (κ2) is 9.01. The third-order valence-corrected chi connectivity index (χ3v) is 3.29. The summed E-state index contributed by atoms with van der Waals surface area (Å²) < 4.78 is 4.87. The Bertz CT molecular complexity index is 413. The van der Waals surface area contributed by atoms with Crippen molar-refractivity contribution in [3.63, 3.8) is 0 Å². The molecule has 0 saturated carbocycles. The van der Waals surface area contributed by atoms with E-state index in [1.54, 1.807) is 6.92 Å². The number of esters is 1. The third kappa shape index (κ3) is 6.11. The standard InChI is InChI=1S/C14H22O8/c1-3-5-6-9(4-2)12(19)22-14(13(20)21,7-10(15)16)8-11(17)18/h9H,3-8H2,1-2H3,(H,15,16)(H,17,18)(H,20,21). The van der Waals surface area contributed by atoms with E-state index in [9.17, 15) is 24.3 Å². The Balaban J connectivity index is 5.32. The molecule has 1 unspecified atom stereocenters. The molecule has 0 aliphatic rings. The first-order chi connectivity index (χ1) is 10.2. The zero-order chi connectivity index (χ0) is 17.3. The first kappa shape index (κ1) is 19.9. The Hall–Kier alpha value is -2.12. The molecular weight excluding hydrogens is 296 g/mol. The van der Waals surface area contributed by atoms with Crippen molar-refractivity contribution in [2.24, 2.45) is 5.92 Å². The van der Waals surface area contributed by atoms with Crippen LogP contribution in [-0.2, 0) is 23.9 Å². The van der Waals surface area contributed by atoms with Crippen molar-refractivity contribution in [2.75, 3.05) is 0 Å². The molecule has 0 spiro atoms. The maximum Gasteiger partial charge on any atom is 0.349 e. The molecule has 0 heterocycles. The minimum atomic E-state index is -2.59. The number of carbonyl (C=O) groups is 4. The highest BCUT2D eigenvalue weighted by Gasteiger charge is 2.47. The number of hydrogen-bond acceptors (Lipinski definition) is 5. The molecule has 126 valence electrons. The summed E-state index contributed by atoms with van der Waals surface area (Å²) in [6, 6.07) is 0. The van der Waals surface area contributed by atoms with Gasteiger partial charge in [0.1, 0.15) is 0 Å². The molecule has 0 fully saturated rings. The van der Waals surface area contributed by atoms with E-state index < -0.39 is 48.2 Å². The Labute approximate surface area is 128 Å². The molecule has 0 rings (SSSR count). The highest BCUT2D eigenvalue weighted by Crippen LogP contribution is 2.26. The first-order valence-corrected chi connectivity index (χ1v) is 7.08. The molecule has 8 heteroatoms. The Kier molecular flexibility index (Phi) is 8.14. The van der Waals surface area contributed by atoms with Gasteiger partial charge in [0.15, 0.2) is 0 Å². The summed E-state index contributed by atoms with van der Waals surface area (Å²) in [7, 11) is 0. The molecule has 8 nitrogen and oxygen atoms in total. The number of rotatable bonds is 11. The van der Waals surface area contributed by atoms with Crippen molar-refractivity contribution in [1.82, 2.24) is 0 Å². The highest BCUT2D eigenvalue weighted by molar-refractivity contribution is 5.91. The van der Waals surface area contributed by atoms with Crippen LogP contribution in [-0.4, -0.2) is 44.8 Å². The SMILES string of the molecule is CCCCC(CC)C(=O)OC(CC(=O)O)(CC(=O)O)C(=O)O. The van der Waals surface area contributed by atoms with E-state index in [1.165, 1.54) is 0 Å². The van der Waals surface area contributed by atoms with E-state index >= 15 is 0 Å². The van der Waals surface area contributed by atoms with Crippen LogP contribution in [0.15, 0.2) is 0 Å². The minimum Gasteiger partial charge on any atom is -0.481 e. The van der Waals surface area contributed by atoms with Crippen LogP contribution in [0.2, 0.25) is 0 Å². The number of carbonyl (C=O) groups excluding carboxylic acids is 1. The highest BCUT2D eigenvalue weighted by atomic mass is 16.6. The summed E-state index contributed by atoms with van der Waals surface area (Å²) in [6.45, 7) is 3.65. The molecule has 0 bridgehead atoms. The van der Waals surface area contributed by atoms with Gasteiger partial charge < -0.3 is 20.1 Å². The average Bonchev–Trinajstić information content (AvgIpc) is 2.37. The Morgan fingerprint density at radius 2 is 1.50 bits per heavy atom. The molecule has 0 amide bonds. The first-order valence-electron chi connectivity index (χ1n) is 7.08. The van der Waals surface area contributed by atoms with Gasteiger partial charge in [0.05, 0.1) is 18.8 Å². The van der Waals surface area contributed by atoms with E-state index in [0.29, 0.717) is 12.8 Å². The maximum absolute atomic E-state index is 12.1. The van der Waals surface area contributed by atoms with E-state index in [-0.39, 0.29) is 0 Å². The van der Waals surface area contributed by atoms with Gasteiger partial charge in [-0.15, -0.1) is 0 Å². The predicted octanol–water partition coefficient (Wildman–Crippen LogP) is 1.52. The molecule has 0 radical (unpaired) electrons. The van der Waals surface area contributed by atoms with E-state index in [0.717, 1.165) is 12.8 Å². The normalized spacial score (nSPS) is 12.5. The van der Waals surface area contributed by atoms with Gasteiger partial charge in [-0.1, -0.05) is 26.7 Å². The van der Waals surface area contributed by atoms with Crippen LogP contribution in [0.1, 0.15) is 52.4 Å². The smallest absolute Gasteiger partial charge is 0.349 e. The molecule has 0 saturated heterocycles. The summed E-state index contributed by atoms with van der Waals surface area (Å²) >= 11 is 0. The molecule has 0 aromatic carbocycles. The lowest BCUT2D eigenvalue weighted by Gasteiger charge is -2.28. The van der Waals surface area contributed by atoms with Crippen LogP contribution in [0.4, 0.5) is 0 Å². The molecule has 3 N–H and O–H groups in total. The molecule has 0 aliphatic carbocycles. The van der Waals surface area contributed by atoms with Gasteiger partial charge in [-0.3, -0.25) is 14.4 Å². The van der Waals surface area contributed by atoms with Crippen LogP contribution in [0, 0.1) is 5.92 Å². The molecule has 0 aromatic rings. The van der Waals surface area contributed by atoms with E-state index in [2.05, 4.69) is 0 Å². The fourth-order valence-corrected chi connectivity index (χ4v) is 2.03. The van der Waals surface area contributed by atoms with Crippen molar-refractivity contribution in [1.29, 1.82) is 0 Å². The monoisotopic (exact) mass is 318 g/mol. The van der Waals surface area contributed by atoms with Crippen LogP contribution >= 0.6 is 0 Å². The number of ether oxygens (including phenoxy) is 1. The van der Waals surface area contributed by atoms with Crippen molar-refractivity contribution in [2.45, 2.75) is 58.0 Å². The largest absolute Gasteiger partial charge is 0.481 e. The fourth-order valence-electron chi connectivity index (χ4n) is 2.03.